The first-order valence-electron chi connectivity index (χ1n) is 8.50. The molecule has 2 rings (SSSR count). The average Bonchev–Trinajstić information content (AvgIpc) is 3.11. The van der Waals surface area contributed by atoms with Gasteiger partial charge >= 0.3 is 0 Å². The fourth-order valence-corrected chi connectivity index (χ4v) is 2.44. The topological polar surface area (TPSA) is 43.6 Å². The number of nitrogens with one attached hydrogen (secondary N) is 1. The van der Waals surface area contributed by atoms with Crippen LogP contribution in [-0.2, 0) is 6.54 Å². The molecule has 130 valence electrons. The Morgan fingerprint density at radius 3 is 2.79 bits per heavy atom. The van der Waals surface area contributed by atoms with Crippen molar-refractivity contribution in [2.75, 3.05) is 20.3 Å². The summed E-state index contributed by atoms with van der Waals surface area (Å²) in [5.74, 6) is 2.57. The molecule has 0 aliphatic rings. The van der Waals surface area contributed by atoms with Crippen molar-refractivity contribution in [1.29, 1.82) is 0 Å². The van der Waals surface area contributed by atoms with Crippen molar-refractivity contribution < 1.29 is 13.9 Å². The van der Waals surface area contributed by atoms with Crippen molar-refractivity contribution in [2.24, 2.45) is 0 Å². The van der Waals surface area contributed by atoms with Crippen LogP contribution in [0.3, 0.4) is 0 Å². The number of rotatable bonds is 11. The summed E-state index contributed by atoms with van der Waals surface area (Å²) in [7, 11) is 1.67. The van der Waals surface area contributed by atoms with Crippen LogP contribution in [0.25, 0.3) is 6.08 Å². The molecule has 1 aromatic heterocycles. The van der Waals surface area contributed by atoms with Crippen molar-refractivity contribution in [1.82, 2.24) is 5.32 Å². The minimum atomic E-state index is 0.706. The molecule has 4 heteroatoms. The quantitative estimate of drug-likeness (QED) is 0.609. The van der Waals surface area contributed by atoms with E-state index in [2.05, 4.69) is 5.32 Å². The normalized spacial score (nSPS) is 11.1. The first kappa shape index (κ1) is 18.1. The zero-order chi connectivity index (χ0) is 17.0. The average molecular weight is 329 g/mol. The van der Waals surface area contributed by atoms with Crippen LogP contribution in [-0.4, -0.2) is 20.3 Å². The Hall–Kier alpha value is -2.20. The molecular formula is C20H27NO3. The van der Waals surface area contributed by atoms with Crippen LogP contribution in [0.2, 0.25) is 0 Å². The molecule has 0 atom stereocenters. The highest BCUT2D eigenvalue weighted by Gasteiger charge is 2.04. The number of furan rings is 1. The molecular weight excluding hydrogens is 302 g/mol. The van der Waals surface area contributed by atoms with E-state index in [1.807, 2.05) is 49.4 Å². The monoisotopic (exact) mass is 329 g/mol. The second kappa shape index (κ2) is 10.6. The summed E-state index contributed by atoms with van der Waals surface area (Å²) in [5, 5.41) is 3.37. The van der Waals surface area contributed by atoms with Crippen molar-refractivity contribution in [3.8, 4) is 11.5 Å². The molecule has 0 saturated heterocycles. The van der Waals surface area contributed by atoms with Crippen LogP contribution in [0, 0.1) is 0 Å². The lowest BCUT2D eigenvalue weighted by Crippen LogP contribution is -2.14. The largest absolute Gasteiger partial charge is 0.493 e. The number of unbranched alkanes of at least 4 members (excludes halogenated alkanes) is 2. The van der Waals surface area contributed by atoms with Crippen LogP contribution >= 0.6 is 0 Å². The molecule has 24 heavy (non-hydrogen) atoms. The molecule has 0 spiro atoms. The molecule has 0 amide bonds. The second-order valence-electron chi connectivity index (χ2n) is 5.58. The summed E-state index contributed by atoms with van der Waals surface area (Å²) in [5.41, 5.74) is 1.12. The van der Waals surface area contributed by atoms with E-state index < -0.39 is 0 Å². The van der Waals surface area contributed by atoms with Gasteiger partial charge in [-0.25, -0.2) is 0 Å². The van der Waals surface area contributed by atoms with Crippen molar-refractivity contribution >= 4 is 6.08 Å². The summed E-state index contributed by atoms with van der Waals surface area (Å²) in [6.07, 6.45) is 9.04. The van der Waals surface area contributed by atoms with E-state index in [-0.39, 0.29) is 0 Å². The Morgan fingerprint density at radius 1 is 1.12 bits per heavy atom. The van der Waals surface area contributed by atoms with E-state index in [1.54, 1.807) is 13.4 Å². The summed E-state index contributed by atoms with van der Waals surface area (Å²) < 4.78 is 16.5. The maximum atomic E-state index is 5.84. The van der Waals surface area contributed by atoms with Crippen molar-refractivity contribution in [2.45, 2.75) is 32.7 Å². The summed E-state index contributed by atoms with van der Waals surface area (Å²) in [6.45, 7) is 4.49. The minimum absolute atomic E-state index is 0.706. The van der Waals surface area contributed by atoms with Crippen LogP contribution < -0.4 is 14.8 Å². The number of ether oxygens (including phenoxy) is 2. The van der Waals surface area contributed by atoms with Gasteiger partial charge in [-0.05, 0) is 62.6 Å². The number of hydrogen-bond donors (Lipinski definition) is 1. The highest BCUT2D eigenvalue weighted by atomic mass is 16.5. The molecule has 0 saturated carbocycles. The summed E-state index contributed by atoms with van der Waals surface area (Å²) in [4.78, 5) is 0. The highest BCUT2D eigenvalue weighted by Crippen LogP contribution is 2.28. The SMILES string of the molecule is CC=Cc1ccc(OCCCCCNCc2ccco2)c(OC)c1. The molecule has 0 bridgehead atoms. The van der Waals surface area contributed by atoms with Gasteiger partial charge in [-0.15, -0.1) is 0 Å². The van der Waals surface area contributed by atoms with Gasteiger partial charge in [0.2, 0.25) is 0 Å². The van der Waals surface area contributed by atoms with Gasteiger partial charge in [0.25, 0.3) is 0 Å². The first-order valence-corrected chi connectivity index (χ1v) is 8.50. The molecule has 0 aliphatic heterocycles. The summed E-state index contributed by atoms with van der Waals surface area (Å²) in [6, 6.07) is 9.90. The molecule has 4 nitrogen and oxygen atoms in total. The predicted octanol–water partition coefficient (Wildman–Crippen LogP) is 4.66. The van der Waals surface area contributed by atoms with E-state index >= 15 is 0 Å². The molecule has 0 fully saturated rings. The maximum absolute atomic E-state index is 5.84. The van der Waals surface area contributed by atoms with E-state index in [0.717, 1.165) is 55.2 Å². The van der Waals surface area contributed by atoms with E-state index in [0.29, 0.717) is 6.61 Å². The van der Waals surface area contributed by atoms with Crippen molar-refractivity contribution in [3.63, 3.8) is 0 Å². The van der Waals surface area contributed by atoms with Crippen LogP contribution in [0.4, 0.5) is 0 Å². The molecule has 0 radical (unpaired) electrons. The smallest absolute Gasteiger partial charge is 0.161 e. The Morgan fingerprint density at radius 2 is 2.04 bits per heavy atom. The zero-order valence-corrected chi connectivity index (χ0v) is 14.6. The van der Waals surface area contributed by atoms with Gasteiger partial charge in [-0.2, -0.15) is 0 Å². The van der Waals surface area contributed by atoms with Gasteiger partial charge in [0, 0.05) is 0 Å². The third-order valence-corrected chi connectivity index (χ3v) is 3.68. The number of allylic oxidation sites excluding steroid dienone is 1. The lowest BCUT2D eigenvalue weighted by molar-refractivity contribution is 0.285. The molecule has 0 unspecified atom stereocenters. The maximum Gasteiger partial charge on any atom is 0.161 e. The lowest BCUT2D eigenvalue weighted by Gasteiger charge is -2.11. The number of benzene rings is 1. The fraction of sp³-hybridized carbons (Fsp3) is 0.400. The van der Waals surface area contributed by atoms with Crippen LogP contribution in [0.1, 0.15) is 37.5 Å². The van der Waals surface area contributed by atoms with E-state index in [1.165, 1.54) is 0 Å². The first-order chi connectivity index (χ1) is 11.8. The Labute approximate surface area is 144 Å². The van der Waals surface area contributed by atoms with Gasteiger partial charge in [0.1, 0.15) is 5.76 Å². The van der Waals surface area contributed by atoms with Crippen LogP contribution in [0.5, 0.6) is 11.5 Å². The summed E-state index contributed by atoms with van der Waals surface area (Å²) >= 11 is 0. The molecule has 2 aromatic rings. The molecule has 0 aliphatic carbocycles. The fourth-order valence-electron chi connectivity index (χ4n) is 2.44. The second-order valence-corrected chi connectivity index (χ2v) is 5.58. The standard InChI is InChI=1S/C20H27NO3/c1-3-8-17-10-11-19(20(15-17)22-2)24-13-6-4-5-12-21-16-18-9-7-14-23-18/h3,7-11,14-15,21H,4-6,12-13,16H2,1-2H3. The Bertz CT molecular complexity index is 605. The van der Waals surface area contributed by atoms with Gasteiger partial charge in [0.05, 0.1) is 26.5 Å². The van der Waals surface area contributed by atoms with Crippen LogP contribution in [0.15, 0.2) is 47.1 Å². The third kappa shape index (κ3) is 6.13. The number of hydrogen-bond acceptors (Lipinski definition) is 4. The third-order valence-electron chi connectivity index (χ3n) is 3.68. The van der Waals surface area contributed by atoms with Gasteiger partial charge in [-0.3, -0.25) is 0 Å². The van der Waals surface area contributed by atoms with Crippen molar-refractivity contribution in [3.05, 3.63) is 54.0 Å². The Kier molecular flexibility index (Phi) is 7.98. The lowest BCUT2D eigenvalue weighted by atomic mass is 10.2. The van der Waals surface area contributed by atoms with E-state index in [9.17, 15) is 0 Å². The molecule has 1 aromatic carbocycles. The van der Waals surface area contributed by atoms with Gasteiger partial charge < -0.3 is 19.2 Å². The highest BCUT2D eigenvalue weighted by molar-refractivity contribution is 5.55. The van der Waals surface area contributed by atoms with Gasteiger partial charge in [-0.1, -0.05) is 18.2 Å². The Balaban J connectivity index is 1.60. The van der Waals surface area contributed by atoms with E-state index in [4.69, 9.17) is 13.9 Å². The number of methoxy groups -OCH3 is 1. The van der Waals surface area contributed by atoms with Gasteiger partial charge in [0.15, 0.2) is 11.5 Å². The predicted molar refractivity (Wildman–Crippen MR) is 97.5 cm³/mol. The molecule has 1 heterocycles. The molecule has 1 N–H and O–H groups in total. The zero-order valence-electron chi connectivity index (χ0n) is 14.6. The minimum Gasteiger partial charge on any atom is -0.493 e.